The van der Waals surface area contributed by atoms with Crippen molar-refractivity contribution in [3.05, 3.63) is 21.9 Å². The molecule has 1 aliphatic rings. The highest BCUT2D eigenvalue weighted by atomic mass is 32.2. The Morgan fingerprint density at radius 1 is 1.50 bits per heavy atom. The zero-order valence-electron chi connectivity index (χ0n) is 12.2. The number of aryl methyl sites for hydroxylation is 1. The Balaban J connectivity index is 1.95. The first-order valence-electron chi connectivity index (χ1n) is 7.19. The predicted octanol–water partition coefficient (Wildman–Crippen LogP) is 2.37. The number of sulfonamides is 1. The zero-order chi connectivity index (χ0) is 14.8. The molecule has 1 aromatic rings. The largest absolute Gasteiger partial charge is 0.323 e. The highest BCUT2D eigenvalue weighted by molar-refractivity contribution is 7.88. The quantitative estimate of drug-likeness (QED) is 0.907. The Labute approximate surface area is 126 Å². The molecule has 2 atom stereocenters. The van der Waals surface area contributed by atoms with Gasteiger partial charge in [0.1, 0.15) is 0 Å². The molecule has 0 bridgehead atoms. The van der Waals surface area contributed by atoms with Gasteiger partial charge in [-0.2, -0.15) is 0 Å². The summed E-state index contributed by atoms with van der Waals surface area (Å²) in [5.41, 5.74) is 6.29. The van der Waals surface area contributed by atoms with E-state index in [1.807, 2.05) is 0 Å². The number of nitrogens with zero attached hydrogens (tertiary/aromatic N) is 1. The van der Waals surface area contributed by atoms with E-state index in [-0.39, 0.29) is 6.04 Å². The van der Waals surface area contributed by atoms with Crippen LogP contribution >= 0.6 is 11.3 Å². The lowest BCUT2D eigenvalue weighted by Crippen LogP contribution is -2.40. The third-order valence-electron chi connectivity index (χ3n) is 3.93. The average molecular weight is 316 g/mol. The van der Waals surface area contributed by atoms with Crippen molar-refractivity contribution in [3.63, 3.8) is 0 Å². The van der Waals surface area contributed by atoms with Crippen molar-refractivity contribution in [2.75, 3.05) is 19.3 Å². The number of thiophene rings is 1. The van der Waals surface area contributed by atoms with Gasteiger partial charge in [-0.3, -0.25) is 0 Å². The van der Waals surface area contributed by atoms with Gasteiger partial charge in [-0.1, -0.05) is 6.92 Å². The summed E-state index contributed by atoms with van der Waals surface area (Å²) in [6.07, 6.45) is 5.22. The Morgan fingerprint density at radius 2 is 2.25 bits per heavy atom. The minimum Gasteiger partial charge on any atom is -0.323 e. The van der Waals surface area contributed by atoms with Crippen molar-refractivity contribution in [1.29, 1.82) is 0 Å². The summed E-state index contributed by atoms with van der Waals surface area (Å²) in [6.45, 7) is 3.42. The monoisotopic (exact) mass is 316 g/mol. The van der Waals surface area contributed by atoms with Crippen LogP contribution < -0.4 is 5.73 Å². The van der Waals surface area contributed by atoms with Crippen LogP contribution in [0.1, 0.15) is 42.0 Å². The molecule has 1 aromatic heterocycles. The number of rotatable bonds is 5. The molecule has 2 heterocycles. The number of hydrogen-bond acceptors (Lipinski definition) is 4. The normalized spacial score (nSPS) is 22.9. The molecule has 0 radical (unpaired) electrons. The molecule has 114 valence electrons. The summed E-state index contributed by atoms with van der Waals surface area (Å²) in [5, 5.41) is 0. The fourth-order valence-electron chi connectivity index (χ4n) is 2.78. The van der Waals surface area contributed by atoms with E-state index in [2.05, 4.69) is 19.1 Å². The molecule has 1 aliphatic heterocycles. The van der Waals surface area contributed by atoms with Crippen LogP contribution in [-0.2, 0) is 16.4 Å². The smallest absolute Gasteiger partial charge is 0.211 e. The van der Waals surface area contributed by atoms with Crippen molar-refractivity contribution in [1.82, 2.24) is 4.31 Å². The zero-order valence-corrected chi connectivity index (χ0v) is 13.8. The molecule has 2 N–H and O–H groups in total. The molecule has 1 fully saturated rings. The standard InChI is InChI=1S/C14H24N2O2S2/c1-3-12-6-7-14(19-12)13(15)9-11-5-4-8-16(10-11)20(2,17)18/h6-7,11,13H,3-5,8-10,15H2,1-2H3. The maximum Gasteiger partial charge on any atom is 0.211 e. The summed E-state index contributed by atoms with van der Waals surface area (Å²) >= 11 is 1.78. The van der Waals surface area contributed by atoms with E-state index in [1.54, 1.807) is 15.6 Å². The first-order valence-corrected chi connectivity index (χ1v) is 9.86. The Bertz CT molecular complexity index is 539. The maximum atomic E-state index is 11.6. The maximum absolute atomic E-state index is 11.6. The third kappa shape index (κ3) is 4.04. The van der Waals surface area contributed by atoms with Crippen molar-refractivity contribution in [3.8, 4) is 0 Å². The van der Waals surface area contributed by atoms with Crippen LogP contribution in [0.4, 0.5) is 0 Å². The SMILES string of the molecule is CCc1ccc(C(N)CC2CCCN(S(C)(=O)=O)C2)s1. The van der Waals surface area contributed by atoms with Crippen LogP contribution in [0.2, 0.25) is 0 Å². The third-order valence-corrected chi connectivity index (χ3v) is 6.57. The van der Waals surface area contributed by atoms with E-state index in [9.17, 15) is 8.42 Å². The van der Waals surface area contributed by atoms with Gasteiger partial charge in [-0.05, 0) is 43.7 Å². The Morgan fingerprint density at radius 3 is 2.85 bits per heavy atom. The van der Waals surface area contributed by atoms with Crippen LogP contribution in [-0.4, -0.2) is 32.1 Å². The minimum absolute atomic E-state index is 0.0322. The van der Waals surface area contributed by atoms with Crippen LogP contribution in [0, 0.1) is 5.92 Å². The summed E-state index contributed by atoms with van der Waals surface area (Å²) in [4.78, 5) is 2.58. The molecule has 20 heavy (non-hydrogen) atoms. The molecule has 0 aromatic carbocycles. The molecule has 2 unspecified atom stereocenters. The molecule has 0 amide bonds. The molecule has 4 nitrogen and oxygen atoms in total. The lowest BCUT2D eigenvalue weighted by Gasteiger charge is -2.32. The molecule has 1 saturated heterocycles. The molecular formula is C14H24N2O2S2. The highest BCUT2D eigenvalue weighted by Gasteiger charge is 2.27. The minimum atomic E-state index is -3.06. The van der Waals surface area contributed by atoms with Gasteiger partial charge in [0.2, 0.25) is 10.0 Å². The van der Waals surface area contributed by atoms with E-state index < -0.39 is 10.0 Å². The van der Waals surface area contributed by atoms with Crippen LogP contribution in [0.15, 0.2) is 12.1 Å². The lowest BCUT2D eigenvalue weighted by atomic mass is 9.92. The number of nitrogens with two attached hydrogens (primary N) is 1. The summed E-state index contributed by atoms with van der Waals surface area (Å²) in [7, 11) is -3.06. The summed E-state index contributed by atoms with van der Waals surface area (Å²) in [5.74, 6) is 0.376. The first kappa shape index (κ1) is 15.9. The fraction of sp³-hybridized carbons (Fsp3) is 0.714. The van der Waals surface area contributed by atoms with E-state index in [0.29, 0.717) is 19.0 Å². The molecule has 6 heteroatoms. The van der Waals surface area contributed by atoms with Gasteiger partial charge in [0, 0.05) is 28.9 Å². The van der Waals surface area contributed by atoms with E-state index in [0.717, 1.165) is 25.7 Å². The van der Waals surface area contributed by atoms with Gasteiger partial charge in [-0.15, -0.1) is 11.3 Å². The van der Waals surface area contributed by atoms with Crippen molar-refractivity contribution in [2.24, 2.45) is 11.7 Å². The molecule has 0 spiro atoms. The van der Waals surface area contributed by atoms with Crippen LogP contribution in [0.3, 0.4) is 0 Å². The van der Waals surface area contributed by atoms with Gasteiger partial charge >= 0.3 is 0 Å². The van der Waals surface area contributed by atoms with Crippen LogP contribution in [0.25, 0.3) is 0 Å². The van der Waals surface area contributed by atoms with Gasteiger partial charge in [0.15, 0.2) is 0 Å². The molecule has 2 rings (SSSR count). The van der Waals surface area contributed by atoms with Crippen molar-refractivity contribution >= 4 is 21.4 Å². The number of piperidine rings is 1. The second kappa shape index (κ2) is 6.56. The predicted molar refractivity (Wildman–Crippen MR) is 84.4 cm³/mol. The fourth-order valence-corrected chi connectivity index (χ4v) is 4.69. The topological polar surface area (TPSA) is 63.4 Å². The Kier molecular flexibility index (Phi) is 5.23. The average Bonchev–Trinajstić information content (AvgIpc) is 2.87. The van der Waals surface area contributed by atoms with E-state index in [4.69, 9.17) is 5.73 Å². The first-order chi connectivity index (χ1) is 9.40. The van der Waals surface area contributed by atoms with Gasteiger partial charge in [-0.25, -0.2) is 12.7 Å². The second-order valence-electron chi connectivity index (χ2n) is 5.63. The lowest BCUT2D eigenvalue weighted by molar-refractivity contribution is 0.247. The van der Waals surface area contributed by atoms with Crippen molar-refractivity contribution < 1.29 is 8.42 Å². The molecule has 0 aliphatic carbocycles. The molecular weight excluding hydrogens is 292 g/mol. The van der Waals surface area contributed by atoms with E-state index in [1.165, 1.54) is 16.0 Å². The van der Waals surface area contributed by atoms with Crippen LogP contribution in [0.5, 0.6) is 0 Å². The van der Waals surface area contributed by atoms with E-state index >= 15 is 0 Å². The van der Waals surface area contributed by atoms with Crippen molar-refractivity contribution in [2.45, 2.75) is 38.6 Å². The number of hydrogen-bond donors (Lipinski definition) is 1. The highest BCUT2D eigenvalue weighted by Crippen LogP contribution is 2.30. The molecule has 0 saturated carbocycles. The Hall–Kier alpha value is -0.430. The second-order valence-corrected chi connectivity index (χ2v) is 8.81. The van der Waals surface area contributed by atoms with Gasteiger partial charge in [0.25, 0.3) is 0 Å². The summed E-state index contributed by atoms with van der Waals surface area (Å²) in [6, 6.07) is 4.29. The van der Waals surface area contributed by atoms with Gasteiger partial charge in [0.05, 0.1) is 6.26 Å². The van der Waals surface area contributed by atoms with Gasteiger partial charge < -0.3 is 5.73 Å². The summed E-state index contributed by atoms with van der Waals surface area (Å²) < 4.78 is 24.9.